The standard InChI is InChI=1S/C11H8F5NO3/c12-7-1-6(3-18)2-8(13)10(7)20-4-9(19)17-5-11(14,15)16/h1-3H,4-5H2,(H,17,19). The third-order valence-corrected chi connectivity index (χ3v) is 1.99. The van der Waals surface area contributed by atoms with Crippen molar-refractivity contribution in [2.45, 2.75) is 6.18 Å². The Labute approximate surface area is 109 Å². The second-order valence-electron chi connectivity index (χ2n) is 3.61. The Balaban J connectivity index is 2.62. The fraction of sp³-hybridized carbons (Fsp3) is 0.273. The van der Waals surface area contributed by atoms with Gasteiger partial charge in [-0.15, -0.1) is 0 Å². The Kier molecular flexibility index (Phi) is 5.00. The van der Waals surface area contributed by atoms with Crippen molar-refractivity contribution in [1.82, 2.24) is 5.32 Å². The van der Waals surface area contributed by atoms with Crippen molar-refractivity contribution in [2.24, 2.45) is 0 Å². The molecule has 1 aromatic rings. The average molecular weight is 297 g/mol. The van der Waals surface area contributed by atoms with E-state index in [2.05, 4.69) is 4.74 Å². The predicted octanol–water partition coefficient (Wildman–Crippen LogP) is 1.83. The van der Waals surface area contributed by atoms with Gasteiger partial charge in [-0.3, -0.25) is 9.59 Å². The number of benzene rings is 1. The average Bonchev–Trinajstić information content (AvgIpc) is 2.34. The zero-order chi connectivity index (χ0) is 15.3. The molecule has 1 N–H and O–H groups in total. The number of rotatable bonds is 5. The van der Waals surface area contributed by atoms with Crippen molar-refractivity contribution in [3.8, 4) is 5.75 Å². The number of hydrogen-bond donors (Lipinski definition) is 1. The van der Waals surface area contributed by atoms with Crippen molar-refractivity contribution >= 4 is 12.2 Å². The van der Waals surface area contributed by atoms with Gasteiger partial charge < -0.3 is 10.1 Å². The first kappa shape index (κ1) is 15.9. The van der Waals surface area contributed by atoms with Crippen LogP contribution in [0.1, 0.15) is 10.4 Å². The molecule has 0 aliphatic carbocycles. The van der Waals surface area contributed by atoms with E-state index in [1.807, 2.05) is 0 Å². The van der Waals surface area contributed by atoms with Crippen molar-refractivity contribution in [1.29, 1.82) is 0 Å². The summed E-state index contributed by atoms with van der Waals surface area (Å²) in [6.45, 7) is -2.57. The highest BCUT2D eigenvalue weighted by Gasteiger charge is 2.27. The lowest BCUT2D eigenvalue weighted by Gasteiger charge is -2.10. The van der Waals surface area contributed by atoms with Crippen molar-refractivity contribution in [3.63, 3.8) is 0 Å². The summed E-state index contributed by atoms with van der Waals surface area (Å²) in [5.74, 6) is -4.62. The van der Waals surface area contributed by atoms with E-state index < -0.39 is 42.6 Å². The minimum atomic E-state index is -4.60. The van der Waals surface area contributed by atoms with Gasteiger partial charge in [-0.25, -0.2) is 8.78 Å². The van der Waals surface area contributed by atoms with E-state index in [9.17, 15) is 31.5 Å². The molecule has 1 amide bonds. The summed E-state index contributed by atoms with van der Waals surface area (Å²) in [5, 5.41) is 1.46. The molecular weight excluding hydrogens is 289 g/mol. The molecule has 4 nitrogen and oxygen atoms in total. The molecule has 0 saturated carbocycles. The van der Waals surface area contributed by atoms with Crippen LogP contribution in [-0.4, -0.2) is 31.5 Å². The van der Waals surface area contributed by atoms with Crippen LogP contribution in [0.15, 0.2) is 12.1 Å². The van der Waals surface area contributed by atoms with Gasteiger partial charge in [0.2, 0.25) is 0 Å². The molecule has 20 heavy (non-hydrogen) atoms. The first-order valence-electron chi connectivity index (χ1n) is 5.13. The maximum Gasteiger partial charge on any atom is 0.405 e. The van der Waals surface area contributed by atoms with Gasteiger partial charge in [-0.05, 0) is 12.1 Å². The van der Waals surface area contributed by atoms with E-state index in [-0.39, 0.29) is 11.8 Å². The van der Waals surface area contributed by atoms with Crippen LogP contribution in [0.25, 0.3) is 0 Å². The quantitative estimate of drug-likeness (QED) is 0.666. The smallest absolute Gasteiger partial charge is 0.405 e. The third-order valence-electron chi connectivity index (χ3n) is 1.99. The fourth-order valence-electron chi connectivity index (χ4n) is 1.17. The van der Waals surface area contributed by atoms with E-state index in [1.165, 1.54) is 5.32 Å². The molecule has 0 aliphatic rings. The molecule has 0 atom stereocenters. The van der Waals surface area contributed by atoms with E-state index >= 15 is 0 Å². The summed E-state index contributed by atoms with van der Waals surface area (Å²) in [6, 6.07) is 1.33. The number of alkyl halides is 3. The zero-order valence-electron chi connectivity index (χ0n) is 9.76. The molecule has 0 fully saturated rings. The second-order valence-corrected chi connectivity index (χ2v) is 3.61. The van der Waals surface area contributed by atoms with Crippen LogP contribution in [0.5, 0.6) is 5.75 Å². The van der Waals surface area contributed by atoms with Crippen molar-refractivity contribution in [3.05, 3.63) is 29.3 Å². The third kappa shape index (κ3) is 4.82. The van der Waals surface area contributed by atoms with Gasteiger partial charge >= 0.3 is 6.18 Å². The van der Waals surface area contributed by atoms with Crippen LogP contribution >= 0.6 is 0 Å². The van der Waals surface area contributed by atoms with Crippen LogP contribution in [-0.2, 0) is 4.79 Å². The molecular formula is C11H8F5NO3. The maximum atomic E-state index is 13.3. The highest BCUT2D eigenvalue weighted by atomic mass is 19.4. The van der Waals surface area contributed by atoms with Gasteiger partial charge in [0.1, 0.15) is 12.8 Å². The number of ether oxygens (including phenoxy) is 1. The lowest BCUT2D eigenvalue weighted by Crippen LogP contribution is -2.36. The first-order chi connectivity index (χ1) is 9.23. The van der Waals surface area contributed by atoms with Crippen molar-refractivity contribution in [2.75, 3.05) is 13.2 Å². The molecule has 0 aliphatic heterocycles. The molecule has 1 rings (SSSR count). The molecule has 0 spiro atoms. The molecule has 0 saturated heterocycles. The van der Waals surface area contributed by atoms with Crippen LogP contribution < -0.4 is 10.1 Å². The van der Waals surface area contributed by atoms with Gasteiger partial charge in [0, 0.05) is 5.56 Å². The number of carbonyl (C=O) groups excluding carboxylic acids is 2. The Morgan fingerprint density at radius 1 is 1.25 bits per heavy atom. The molecule has 0 bridgehead atoms. The molecule has 1 aromatic carbocycles. The van der Waals surface area contributed by atoms with E-state index in [4.69, 9.17) is 0 Å². The Bertz CT molecular complexity index is 492. The highest BCUT2D eigenvalue weighted by Crippen LogP contribution is 2.22. The molecule has 0 aromatic heterocycles. The van der Waals surface area contributed by atoms with Gasteiger partial charge in [0.15, 0.2) is 24.0 Å². The number of hydrogen-bond acceptors (Lipinski definition) is 3. The second kappa shape index (κ2) is 6.31. The summed E-state index contributed by atoms with van der Waals surface area (Å²) >= 11 is 0. The summed E-state index contributed by atoms with van der Waals surface area (Å²) in [6.07, 6.45) is -4.40. The largest absolute Gasteiger partial charge is 0.478 e. The zero-order valence-corrected chi connectivity index (χ0v) is 9.76. The Morgan fingerprint density at radius 2 is 1.80 bits per heavy atom. The monoisotopic (exact) mass is 297 g/mol. The predicted molar refractivity (Wildman–Crippen MR) is 56.3 cm³/mol. The van der Waals surface area contributed by atoms with Crippen LogP contribution in [0.2, 0.25) is 0 Å². The normalized spacial score (nSPS) is 11.1. The maximum absolute atomic E-state index is 13.3. The molecule has 9 heteroatoms. The highest BCUT2D eigenvalue weighted by molar-refractivity contribution is 5.78. The minimum Gasteiger partial charge on any atom is -0.478 e. The van der Waals surface area contributed by atoms with Crippen LogP contribution in [0.4, 0.5) is 22.0 Å². The van der Waals surface area contributed by atoms with Crippen LogP contribution in [0, 0.1) is 11.6 Å². The summed E-state index contributed by atoms with van der Waals surface area (Å²) in [4.78, 5) is 21.3. The molecule has 0 radical (unpaired) electrons. The number of nitrogens with one attached hydrogen (secondary N) is 1. The summed E-state index contributed by atoms with van der Waals surface area (Å²) < 4.78 is 66.4. The SMILES string of the molecule is O=Cc1cc(F)c(OCC(=O)NCC(F)(F)F)c(F)c1. The topological polar surface area (TPSA) is 55.4 Å². The van der Waals surface area contributed by atoms with E-state index in [0.29, 0.717) is 12.1 Å². The van der Waals surface area contributed by atoms with Gasteiger partial charge in [0.05, 0.1) is 0 Å². The lowest BCUT2D eigenvalue weighted by molar-refractivity contribution is -0.139. The van der Waals surface area contributed by atoms with Crippen LogP contribution in [0.3, 0.4) is 0 Å². The van der Waals surface area contributed by atoms with Gasteiger partial charge in [0.25, 0.3) is 5.91 Å². The van der Waals surface area contributed by atoms with Gasteiger partial charge in [-0.2, -0.15) is 13.2 Å². The fourth-order valence-corrected chi connectivity index (χ4v) is 1.17. The molecule has 0 unspecified atom stereocenters. The van der Waals surface area contributed by atoms with Crippen molar-refractivity contribution < 1.29 is 36.3 Å². The molecule has 0 heterocycles. The van der Waals surface area contributed by atoms with E-state index in [0.717, 1.165) is 0 Å². The molecule has 110 valence electrons. The first-order valence-corrected chi connectivity index (χ1v) is 5.13. The summed E-state index contributed by atoms with van der Waals surface area (Å²) in [5.41, 5.74) is -0.283. The number of carbonyl (C=O) groups is 2. The number of amides is 1. The number of halogens is 5. The van der Waals surface area contributed by atoms with Gasteiger partial charge in [-0.1, -0.05) is 0 Å². The van der Waals surface area contributed by atoms with E-state index in [1.54, 1.807) is 0 Å². The summed E-state index contributed by atoms with van der Waals surface area (Å²) in [7, 11) is 0. The Hall–Kier alpha value is -2.19. The lowest BCUT2D eigenvalue weighted by atomic mass is 10.2. The Morgan fingerprint density at radius 3 is 2.25 bits per heavy atom. The minimum absolute atomic E-state index is 0.200. The number of aldehydes is 1.